The fourth-order valence-electron chi connectivity index (χ4n) is 3.14. The number of aliphatic hydroxyl groups is 2. The lowest BCUT2D eigenvalue weighted by Gasteiger charge is -2.25. The lowest BCUT2D eigenvalue weighted by atomic mass is 10.1. The summed E-state index contributed by atoms with van der Waals surface area (Å²) in [4.78, 5) is 17.7. The maximum Gasteiger partial charge on any atom is 0.262 e. The normalized spacial score (nSPS) is 12.9. The van der Waals surface area contributed by atoms with Crippen LogP contribution in [-0.4, -0.2) is 38.5 Å². The summed E-state index contributed by atoms with van der Waals surface area (Å²) in [6.07, 6.45) is 8.27. The lowest BCUT2D eigenvalue weighted by molar-refractivity contribution is 0.234. The molecule has 2 aromatic rings. The van der Waals surface area contributed by atoms with Crippen molar-refractivity contribution in [1.29, 1.82) is 0 Å². The number of fused-ring (bicyclic) bond motifs is 1. The second kappa shape index (κ2) is 13.9. The Morgan fingerprint density at radius 3 is 2.53 bits per heavy atom. The molecule has 0 saturated heterocycles. The molecule has 34 heavy (non-hydrogen) atoms. The molecule has 0 atom stereocenters. The van der Waals surface area contributed by atoms with Crippen molar-refractivity contribution in [2.24, 2.45) is 0 Å². The summed E-state index contributed by atoms with van der Waals surface area (Å²) >= 11 is 6.25. The molecule has 2 heterocycles. The SMILES string of the molecule is CC.C\C=C(Cl)/C(C)=C\C(=C\CC)Nc1cc2ccn(CCO)c(=O)c2c(NC(C)(C)CO)n1. The highest BCUT2D eigenvalue weighted by Gasteiger charge is 2.20. The molecule has 2 rings (SSSR count). The van der Waals surface area contributed by atoms with Crippen LogP contribution in [0.1, 0.15) is 54.9 Å². The van der Waals surface area contributed by atoms with E-state index in [1.54, 1.807) is 12.3 Å². The Hall–Kier alpha value is -2.61. The van der Waals surface area contributed by atoms with Gasteiger partial charge < -0.3 is 25.4 Å². The number of nitrogens with one attached hydrogen (secondary N) is 2. The second-order valence-corrected chi connectivity index (χ2v) is 8.59. The van der Waals surface area contributed by atoms with Gasteiger partial charge in [0.15, 0.2) is 0 Å². The van der Waals surface area contributed by atoms with Crippen LogP contribution in [0, 0.1) is 0 Å². The van der Waals surface area contributed by atoms with Crippen LogP contribution in [0.2, 0.25) is 0 Å². The molecule has 0 saturated carbocycles. The standard InChI is InChI=1S/C24H33ClN4O3.C2H6/c1-6-8-18(13-16(3)19(25)7-2)26-20-14-17-9-10-29(11-12-30)23(32)21(17)22(27-20)28-24(4,5)15-31;1-2/h7-10,13-14,30-31H,6,11-12,15H2,1-5H3,(H2,26,27,28);1-2H3/b16-13-,18-8-,19-7+;. The Morgan fingerprint density at radius 2 is 1.97 bits per heavy atom. The van der Waals surface area contributed by atoms with Gasteiger partial charge in [0.05, 0.1) is 24.1 Å². The van der Waals surface area contributed by atoms with Crippen LogP contribution in [0.5, 0.6) is 0 Å². The molecule has 0 spiro atoms. The van der Waals surface area contributed by atoms with E-state index >= 15 is 0 Å². The Morgan fingerprint density at radius 1 is 1.29 bits per heavy atom. The number of aromatic nitrogens is 2. The van der Waals surface area contributed by atoms with Gasteiger partial charge in [0.2, 0.25) is 0 Å². The zero-order chi connectivity index (χ0) is 25.9. The van der Waals surface area contributed by atoms with E-state index in [0.29, 0.717) is 27.4 Å². The smallest absolute Gasteiger partial charge is 0.262 e. The number of aliphatic hydroxyl groups excluding tert-OH is 2. The third-order valence-corrected chi connectivity index (χ3v) is 5.37. The van der Waals surface area contributed by atoms with E-state index in [1.807, 2.05) is 72.8 Å². The number of hydrogen-bond acceptors (Lipinski definition) is 6. The monoisotopic (exact) mass is 490 g/mol. The van der Waals surface area contributed by atoms with Gasteiger partial charge in [-0.15, -0.1) is 0 Å². The van der Waals surface area contributed by atoms with E-state index in [-0.39, 0.29) is 25.3 Å². The highest BCUT2D eigenvalue weighted by atomic mass is 35.5. The van der Waals surface area contributed by atoms with E-state index in [4.69, 9.17) is 11.6 Å². The Kier molecular flexibility index (Phi) is 12.1. The molecule has 0 amide bonds. The van der Waals surface area contributed by atoms with E-state index in [9.17, 15) is 15.0 Å². The van der Waals surface area contributed by atoms with Crippen molar-refractivity contribution in [2.45, 2.75) is 67.0 Å². The van der Waals surface area contributed by atoms with Gasteiger partial charge in [0.25, 0.3) is 5.56 Å². The van der Waals surface area contributed by atoms with Gasteiger partial charge in [-0.25, -0.2) is 4.98 Å². The highest BCUT2D eigenvalue weighted by molar-refractivity contribution is 6.31. The van der Waals surface area contributed by atoms with Crippen LogP contribution in [-0.2, 0) is 6.54 Å². The van der Waals surface area contributed by atoms with Crippen LogP contribution in [0.3, 0.4) is 0 Å². The van der Waals surface area contributed by atoms with Crippen molar-refractivity contribution >= 4 is 34.0 Å². The van der Waals surface area contributed by atoms with E-state index in [1.165, 1.54) is 4.57 Å². The first kappa shape index (κ1) is 29.4. The van der Waals surface area contributed by atoms with Crippen LogP contribution < -0.4 is 16.2 Å². The molecule has 0 fully saturated rings. The second-order valence-electron chi connectivity index (χ2n) is 8.18. The molecule has 0 aliphatic carbocycles. The Labute approximate surface area is 207 Å². The van der Waals surface area contributed by atoms with Crippen LogP contribution in [0.15, 0.2) is 57.7 Å². The first-order valence-corrected chi connectivity index (χ1v) is 12.0. The molecule has 4 N–H and O–H groups in total. The zero-order valence-corrected chi connectivity index (χ0v) is 22.1. The molecule has 7 nitrogen and oxygen atoms in total. The van der Waals surface area contributed by atoms with Crippen LogP contribution in [0.25, 0.3) is 10.8 Å². The minimum absolute atomic E-state index is 0.143. The zero-order valence-electron chi connectivity index (χ0n) is 21.4. The maximum absolute atomic E-state index is 13.1. The molecule has 0 aliphatic heterocycles. The number of halogens is 1. The molecule has 0 aromatic carbocycles. The quantitative estimate of drug-likeness (QED) is 0.333. The number of allylic oxidation sites excluding steroid dienone is 5. The molecule has 0 unspecified atom stereocenters. The third kappa shape index (κ3) is 8.01. The van der Waals surface area contributed by atoms with E-state index < -0.39 is 5.54 Å². The highest BCUT2D eigenvalue weighted by Crippen LogP contribution is 2.26. The third-order valence-electron chi connectivity index (χ3n) is 4.85. The van der Waals surface area contributed by atoms with E-state index in [0.717, 1.165) is 17.7 Å². The molecule has 0 bridgehead atoms. The van der Waals surface area contributed by atoms with Gasteiger partial charge >= 0.3 is 0 Å². The van der Waals surface area contributed by atoms with Gasteiger partial charge in [-0.05, 0) is 63.3 Å². The first-order valence-electron chi connectivity index (χ1n) is 11.7. The fourth-order valence-corrected chi connectivity index (χ4v) is 3.20. The molecule has 0 radical (unpaired) electrons. The first-order chi connectivity index (χ1) is 16.1. The molecule has 8 heteroatoms. The predicted molar refractivity (Wildman–Crippen MR) is 145 cm³/mol. The summed E-state index contributed by atoms with van der Waals surface area (Å²) in [6.45, 7) is 13.4. The van der Waals surface area contributed by atoms with Gasteiger partial charge in [0, 0.05) is 23.5 Å². The molecular weight excluding hydrogens is 452 g/mol. The van der Waals surface area contributed by atoms with Crippen molar-refractivity contribution in [3.63, 3.8) is 0 Å². The molecular formula is C26H39ClN4O3. The fraction of sp³-hybridized carbons (Fsp3) is 0.462. The summed E-state index contributed by atoms with van der Waals surface area (Å²) in [5.41, 5.74) is 0.791. The summed E-state index contributed by atoms with van der Waals surface area (Å²) in [5, 5.41) is 27.3. The van der Waals surface area contributed by atoms with Crippen molar-refractivity contribution in [1.82, 2.24) is 9.55 Å². The van der Waals surface area contributed by atoms with Crippen LogP contribution >= 0.6 is 11.6 Å². The number of rotatable bonds is 10. The number of nitrogens with zero attached hydrogens (tertiary/aromatic N) is 2. The Balaban J connectivity index is 0.00000281. The van der Waals surface area contributed by atoms with Crippen molar-refractivity contribution < 1.29 is 10.2 Å². The van der Waals surface area contributed by atoms with Gasteiger partial charge in [0.1, 0.15) is 11.6 Å². The summed E-state index contributed by atoms with van der Waals surface area (Å²) in [6, 6.07) is 3.62. The molecule has 0 aliphatic rings. The van der Waals surface area contributed by atoms with Gasteiger partial charge in [-0.3, -0.25) is 4.79 Å². The number of pyridine rings is 2. The average molecular weight is 491 g/mol. The van der Waals surface area contributed by atoms with Crippen molar-refractivity contribution in [3.8, 4) is 0 Å². The minimum atomic E-state index is -0.694. The molecule has 2 aromatic heterocycles. The minimum Gasteiger partial charge on any atom is -0.395 e. The maximum atomic E-state index is 13.1. The predicted octanol–water partition coefficient (Wildman–Crippen LogP) is 5.39. The summed E-state index contributed by atoms with van der Waals surface area (Å²) in [5.74, 6) is 0.915. The van der Waals surface area contributed by atoms with E-state index in [2.05, 4.69) is 15.6 Å². The van der Waals surface area contributed by atoms with Crippen LogP contribution in [0.4, 0.5) is 11.6 Å². The Bertz CT molecular complexity index is 1100. The average Bonchev–Trinajstić information content (AvgIpc) is 2.81. The topological polar surface area (TPSA) is 99.4 Å². The lowest BCUT2D eigenvalue weighted by Crippen LogP contribution is -2.36. The van der Waals surface area contributed by atoms with Crippen molar-refractivity contribution in [3.05, 3.63) is 63.2 Å². The largest absolute Gasteiger partial charge is 0.395 e. The van der Waals surface area contributed by atoms with Gasteiger partial charge in [-0.1, -0.05) is 44.5 Å². The number of anilines is 2. The van der Waals surface area contributed by atoms with Gasteiger partial charge in [-0.2, -0.15) is 0 Å². The number of hydrogen-bond donors (Lipinski definition) is 4. The summed E-state index contributed by atoms with van der Waals surface area (Å²) < 4.78 is 1.45. The molecule has 188 valence electrons. The van der Waals surface area contributed by atoms with Crippen molar-refractivity contribution in [2.75, 3.05) is 23.8 Å². The summed E-state index contributed by atoms with van der Waals surface area (Å²) in [7, 11) is 0.